The van der Waals surface area contributed by atoms with Crippen LogP contribution in [-0.2, 0) is 10.0 Å². The van der Waals surface area contributed by atoms with E-state index in [2.05, 4.69) is 18.8 Å². The highest BCUT2D eigenvalue weighted by molar-refractivity contribution is 7.89. The quantitative estimate of drug-likeness (QED) is 0.733. The third-order valence-electron chi connectivity index (χ3n) is 5.21. The Kier molecular flexibility index (Phi) is 4.72. The zero-order chi connectivity index (χ0) is 19.9. The Labute approximate surface area is 164 Å². The van der Waals surface area contributed by atoms with E-state index in [1.54, 1.807) is 16.7 Å². The number of hydrogen-bond donors (Lipinski definition) is 1. The summed E-state index contributed by atoms with van der Waals surface area (Å²) >= 11 is 0. The fourth-order valence-electron chi connectivity index (χ4n) is 3.57. The van der Waals surface area contributed by atoms with Gasteiger partial charge in [0.05, 0.1) is 15.9 Å². The molecule has 0 aliphatic carbocycles. The summed E-state index contributed by atoms with van der Waals surface area (Å²) in [6.07, 6.45) is 2.30. The molecule has 28 heavy (non-hydrogen) atoms. The van der Waals surface area contributed by atoms with Gasteiger partial charge in [-0.25, -0.2) is 13.2 Å². The Morgan fingerprint density at radius 1 is 1.04 bits per heavy atom. The number of hydrogen-bond acceptors (Lipinski definition) is 3. The monoisotopic (exact) mass is 397 g/mol. The summed E-state index contributed by atoms with van der Waals surface area (Å²) in [6, 6.07) is 14.6. The molecule has 146 valence electrons. The van der Waals surface area contributed by atoms with Crippen LogP contribution in [-0.4, -0.2) is 35.4 Å². The van der Waals surface area contributed by atoms with Gasteiger partial charge in [0.1, 0.15) is 0 Å². The smallest absolute Gasteiger partial charge is 0.305 e. The predicted molar refractivity (Wildman–Crippen MR) is 111 cm³/mol. The second-order valence-corrected chi connectivity index (χ2v) is 9.25. The highest BCUT2D eigenvalue weighted by Gasteiger charge is 2.27. The van der Waals surface area contributed by atoms with Gasteiger partial charge < -0.3 is 4.98 Å². The molecule has 0 spiro atoms. The lowest BCUT2D eigenvalue weighted by molar-refractivity contribution is 0.437. The van der Waals surface area contributed by atoms with Crippen molar-refractivity contribution >= 4 is 26.8 Å². The van der Waals surface area contributed by atoms with Gasteiger partial charge >= 0.3 is 5.69 Å². The second kappa shape index (κ2) is 7.07. The highest BCUT2D eigenvalue weighted by Crippen LogP contribution is 2.25. The number of fused-ring (bicyclic) bond motifs is 1. The van der Waals surface area contributed by atoms with E-state index in [0.29, 0.717) is 23.8 Å². The Morgan fingerprint density at radius 2 is 1.75 bits per heavy atom. The first-order valence-corrected chi connectivity index (χ1v) is 10.8. The molecule has 2 aromatic carbocycles. The number of nitrogens with zero attached hydrogens (tertiary/aromatic N) is 2. The molecule has 0 amide bonds. The summed E-state index contributed by atoms with van der Waals surface area (Å²) in [6.45, 7) is 4.74. The highest BCUT2D eigenvalue weighted by atomic mass is 32.2. The van der Waals surface area contributed by atoms with Crippen LogP contribution in [0.1, 0.15) is 31.7 Å². The van der Waals surface area contributed by atoms with Crippen molar-refractivity contribution in [3.05, 3.63) is 70.7 Å². The largest absolute Gasteiger partial charge is 0.330 e. The molecule has 0 saturated carbocycles. The van der Waals surface area contributed by atoms with Crippen LogP contribution in [0.4, 0.5) is 0 Å². The van der Waals surface area contributed by atoms with Crippen molar-refractivity contribution in [1.82, 2.24) is 13.9 Å². The van der Waals surface area contributed by atoms with Crippen molar-refractivity contribution in [3.8, 4) is 0 Å². The Bertz CT molecular complexity index is 1200. The van der Waals surface area contributed by atoms with Crippen molar-refractivity contribution in [1.29, 1.82) is 0 Å². The number of nitrogens with one attached hydrogen (secondary N) is 1. The average Bonchev–Trinajstić information content (AvgIpc) is 3.04. The summed E-state index contributed by atoms with van der Waals surface area (Å²) < 4.78 is 29.0. The van der Waals surface area contributed by atoms with Crippen LogP contribution in [0.15, 0.2) is 64.3 Å². The Morgan fingerprint density at radius 3 is 2.39 bits per heavy atom. The predicted octanol–water partition coefficient (Wildman–Crippen LogP) is 3.39. The molecule has 0 fully saturated rings. The molecule has 0 unspecified atom stereocenters. The van der Waals surface area contributed by atoms with E-state index >= 15 is 0 Å². The van der Waals surface area contributed by atoms with Crippen LogP contribution in [0.5, 0.6) is 0 Å². The van der Waals surface area contributed by atoms with E-state index in [1.165, 1.54) is 4.31 Å². The molecule has 7 heteroatoms. The van der Waals surface area contributed by atoms with Crippen LogP contribution in [0.3, 0.4) is 0 Å². The van der Waals surface area contributed by atoms with E-state index in [0.717, 1.165) is 22.3 Å². The molecule has 1 aliphatic rings. The Hall–Kier alpha value is -2.64. The molecule has 1 aliphatic heterocycles. The van der Waals surface area contributed by atoms with Crippen molar-refractivity contribution in [2.24, 2.45) is 0 Å². The fraction of sp³-hybridized carbons (Fsp3) is 0.286. The van der Waals surface area contributed by atoms with E-state index in [4.69, 9.17) is 0 Å². The zero-order valence-electron chi connectivity index (χ0n) is 15.9. The Balaban J connectivity index is 1.61. The normalized spacial score (nSPS) is 15.9. The lowest BCUT2D eigenvalue weighted by atomic mass is 10.0. The van der Waals surface area contributed by atoms with E-state index in [-0.39, 0.29) is 12.2 Å². The number of para-hydroxylation sites is 2. The molecule has 2 heterocycles. The van der Waals surface area contributed by atoms with Gasteiger partial charge in [-0.05, 0) is 41.8 Å². The number of imidazole rings is 1. The summed E-state index contributed by atoms with van der Waals surface area (Å²) in [5.74, 6) is 0.353. The first-order valence-electron chi connectivity index (χ1n) is 9.37. The molecule has 0 saturated heterocycles. The van der Waals surface area contributed by atoms with Crippen molar-refractivity contribution in [3.63, 3.8) is 0 Å². The summed E-state index contributed by atoms with van der Waals surface area (Å²) in [7, 11) is -3.56. The number of aromatic nitrogens is 2. The van der Waals surface area contributed by atoms with Gasteiger partial charge in [-0.1, -0.05) is 38.1 Å². The molecular formula is C21H23N3O3S. The van der Waals surface area contributed by atoms with Gasteiger partial charge in [0.2, 0.25) is 10.0 Å². The number of H-pyrrole nitrogens is 1. The minimum absolute atomic E-state index is 0.201. The van der Waals surface area contributed by atoms with Gasteiger partial charge in [-0.15, -0.1) is 0 Å². The molecular weight excluding hydrogens is 374 g/mol. The number of benzene rings is 2. The molecule has 0 bridgehead atoms. The average molecular weight is 398 g/mol. The maximum Gasteiger partial charge on any atom is 0.330 e. The molecule has 4 rings (SSSR count). The van der Waals surface area contributed by atoms with Crippen molar-refractivity contribution in [2.45, 2.75) is 31.1 Å². The van der Waals surface area contributed by atoms with Gasteiger partial charge in [0.25, 0.3) is 0 Å². The SMILES string of the molecule is CC(C)c1ccc(S(=O)(=O)N2CC=C(n3c(=O)[nH]c4ccccc43)CC2)cc1. The standard InChI is InChI=1S/C21H23N3O3S/c1-15(2)16-7-9-18(10-8-16)28(26,27)23-13-11-17(12-14-23)24-20-6-4-3-5-19(20)22-21(24)25/h3-11,15H,12-14H2,1-2H3,(H,22,25). The lowest BCUT2D eigenvalue weighted by Crippen LogP contribution is -2.36. The van der Waals surface area contributed by atoms with Crippen molar-refractivity contribution in [2.75, 3.05) is 13.1 Å². The van der Waals surface area contributed by atoms with Crippen LogP contribution >= 0.6 is 0 Å². The third kappa shape index (κ3) is 3.21. The number of aromatic amines is 1. The third-order valence-corrected chi connectivity index (χ3v) is 7.09. The second-order valence-electron chi connectivity index (χ2n) is 7.31. The van der Waals surface area contributed by atoms with Gasteiger partial charge in [0.15, 0.2) is 0 Å². The molecule has 1 aromatic heterocycles. The van der Waals surface area contributed by atoms with Crippen molar-refractivity contribution < 1.29 is 8.42 Å². The summed E-state index contributed by atoms with van der Waals surface area (Å²) in [4.78, 5) is 15.5. The first kappa shape index (κ1) is 18.7. The van der Waals surface area contributed by atoms with Gasteiger partial charge in [-0.3, -0.25) is 4.57 Å². The minimum Gasteiger partial charge on any atom is -0.305 e. The van der Waals surface area contributed by atoms with Gasteiger partial charge in [0, 0.05) is 25.2 Å². The van der Waals surface area contributed by atoms with E-state index in [1.807, 2.05) is 42.5 Å². The molecule has 0 radical (unpaired) electrons. The number of sulfonamides is 1. The lowest BCUT2D eigenvalue weighted by Gasteiger charge is -2.26. The first-order chi connectivity index (χ1) is 13.4. The molecule has 6 nitrogen and oxygen atoms in total. The topological polar surface area (TPSA) is 75.2 Å². The molecule has 3 aromatic rings. The van der Waals surface area contributed by atoms with Crippen LogP contribution in [0.2, 0.25) is 0 Å². The summed E-state index contributed by atoms with van der Waals surface area (Å²) in [5, 5.41) is 0. The van der Waals surface area contributed by atoms with Crippen LogP contribution < -0.4 is 5.69 Å². The maximum absolute atomic E-state index is 13.0. The maximum atomic E-state index is 13.0. The number of rotatable bonds is 4. The molecule has 1 N–H and O–H groups in total. The molecule has 0 atom stereocenters. The summed E-state index contributed by atoms with van der Waals surface area (Å²) in [5.41, 5.74) is 3.31. The van der Waals surface area contributed by atoms with Crippen LogP contribution in [0.25, 0.3) is 16.7 Å². The van der Waals surface area contributed by atoms with Crippen LogP contribution in [0, 0.1) is 0 Å². The van der Waals surface area contributed by atoms with E-state index in [9.17, 15) is 13.2 Å². The van der Waals surface area contributed by atoms with E-state index < -0.39 is 10.0 Å². The zero-order valence-corrected chi connectivity index (χ0v) is 16.7. The fourth-order valence-corrected chi connectivity index (χ4v) is 4.96. The van der Waals surface area contributed by atoms with Gasteiger partial charge in [-0.2, -0.15) is 4.31 Å². The minimum atomic E-state index is -3.56.